The highest BCUT2D eigenvalue weighted by Crippen LogP contribution is 2.32. The maximum Gasteiger partial charge on any atom is 0.223 e. The fraction of sp³-hybridized carbons (Fsp3) is 0.833. The van der Waals surface area contributed by atoms with E-state index in [1.54, 1.807) is 0 Å². The van der Waals surface area contributed by atoms with Gasteiger partial charge in [0.2, 0.25) is 11.8 Å². The van der Waals surface area contributed by atoms with Crippen LogP contribution in [-0.4, -0.2) is 29.3 Å². The topological polar surface area (TPSA) is 63.4 Å². The average molecular weight is 224 g/mol. The number of likely N-dealkylation sites (tertiary alicyclic amines) is 1. The Morgan fingerprint density at radius 2 is 2.06 bits per heavy atom. The second kappa shape index (κ2) is 4.44. The molecule has 1 saturated heterocycles. The third kappa shape index (κ3) is 2.06. The number of hydrogen-bond donors (Lipinski definition) is 1. The number of rotatable bonds is 2. The number of carbonyl (C=O) groups is 2. The van der Waals surface area contributed by atoms with E-state index in [1.807, 2.05) is 4.90 Å². The summed E-state index contributed by atoms with van der Waals surface area (Å²) in [6.45, 7) is 2.75. The second-order valence-corrected chi connectivity index (χ2v) is 5.18. The van der Waals surface area contributed by atoms with Gasteiger partial charge in [-0.3, -0.25) is 9.59 Å². The molecule has 90 valence electrons. The molecule has 2 N–H and O–H groups in total. The molecule has 3 unspecified atom stereocenters. The number of nitrogens with two attached hydrogens (primary N) is 1. The molecule has 4 nitrogen and oxygen atoms in total. The predicted octanol–water partition coefficient (Wildman–Crippen LogP) is 0.899. The SMILES string of the molecule is CC1CCCCC1N1CC(C(N)=O)CC1=O. The first kappa shape index (κ1) is 11.4. The van der Waals surface area contributed by atoms with Crippen molar-refractivity contribution in [2.75, 3.05) is 6.54 Å². The van der Waals surface area contributed by atoms with Gasteiger partial charge in [-0.15, -0.1) is 0 Å². The molecule has 0 aromatic carbocycles. The quantitative estimate of drug-likeness (QED) is 0.757. The predicted molar refractivity (Wildman–Crippen MR) is 60.4 cm³/mol. The summed E-state index contributed by atoms with van der Waals surface area (Å²) in [4.78, 5) is 24.9. The molecule has 3 atom stereocenters. The third-order valence-electron chi connectivity index (χ3n) is 4.03. The summed E-state index contributed by atoms with van der Waals surface area (Å²) < 4.78 is 0. The lowest BCUT2D eigenvalue weighted by atomic mass is 9.85. The first-order valence-electron chi connectivity index (χ1n) is 6.18. The molecule has 1 heterocycles. The zero-order valence-electron chi connectivity index (χ0n) is 9.82. The lowest BCUT2D eigenvalue weighted by Gasteiger charge is -2.36. The summed E-state index contributed by atoms with van der Waals surface area (Å²) in [6, 6.07) is 0.339. The Morgan fingerprint density at radius 3 is 2.62 bits per heavy atom. The molecule has 0 bridgehead atoms. The molecule has 1 aliphatic heterocycles. The lowest BCUT2D eigenvalue weighted by Crippen LogP contribution is -2.43. The summed E-state index contributed by atoms with van der Waals surface area (Å²) >= 11 is 0. The molecule has 1 saturated carbocycles. The smallest absolute Gasteiger partial charge is 0.223 e. The third-order valence-corrected chi connectivity index (χ3v) is 4.03. The van der Waals surface area contributed by atoms with Crippen molar-refractivity contribution >= 4 is 11.8 Å². The van der Waals surface area contributed by atoms with E-state index in [-0.39, 0.29) is 17.7 Å². The highest BCUT2D eigenvalue weighted by atomic mass is 16.2. The van der Waals surface area contributed by atoms with Crippen molar-refractivity contribution in [1.29, 1.82) is 0 Å². The van der Waals surface area contributed by atoms with Crippen LogP contribution in [0.2, 0.25) is 0 Å². The van der Waals surface area contributed by atoms with Crippen LogP contribution in [0, 0.1) is 11.8 Å². The van der Waals surface area contributed by atoms with Crippen LogP contribution in [-0.2, 0) is 9.59 Å². The first-order valence-corrected chi connectivity index (χ1v) is 6.18. The van der Waals surface area contributed by atoms with Crippen LogP contribution in [0.3, 0.4) is 0 Å². The molecular formula is C12H20N2O2. The molecule has 2 amide bonds. The standard InChI is InChI=1S/C12H20N2O2/c1-8-4-2-3-5-10(8)14-7-9(12(13)16)6-11(14)15/h8-10H,2-7H2,1H3,(H2,13,16). The number of carbonyl (C=O) groups excluding carboxylic acids is 2. The Balaban J connectivity index is 2.04. The highest BCUT2D eigenvalue weighted by molar-refractivity contribution is 5.88. The van der Waals surface area contributed by atoms with Crippen molar-refractivity contribution in [3.63, 3.8) is 0 Å². The van der Waals surface area contributed by atoms with Crippen molar-refractivity contribution in [2.45, 2.75) is 45.1 Å². The molecule has 0 spiro atoms. The molecular weight excluding hydrogens is 204 g/mol. The van der Waals surface area contributed by atoms with Crippen LogP contribution in [0.4, 0.5) is 0 Å². The minimum Gasteiger partial charge on any atom is -0.369 e. The largest absolute Gasteiger partial charge is 0.369 e. The van der Waals surface area contributed by atoms with Crippen molar-refractivity contribution in [2.24, 2.45) is 17.6 Å². The molecule has 2 fully saturated rings. The molecule has 2 aliphatic rings. The minimum atomic E-state index is -0.334. The normalized spacial score (nSPS) is 35.4. The van der Waals surface area contributed by atoms with Gasteiger partial charge >= 0.3 is 0 Å². The van der Waals surface area contributed by atoms with Crippen molar-refractivity contribution in [3.05, 3.63) is 0 Å². The van der Waals surface area contributed by atoms with Gasteiger partial charge in [-0.1, -0.05) is 19.8 Å². The lowest BCUT2D eigenvalue weighted by molar-refractivity contribution is -0.131. The summed E-state index contributed by atoms with van der Waals surface area (Å²) in [5.41, 5.74) is 5.27. The summed E-state index contributed by atoms with van der Waals surface area (Å²) in [7, 11) is 0. The van der Waals surface area contributed by atoms with E-state index in [1.165, 1.54) is 19.3 Å². The Bertz CT molecular complexity index is 303. The monoisotopic (exact) mass is 224 g/mol. The first-order chi connectivity index (χ1) is 7.59. The van der Waals surface area contributed by atoms with Gasteiger partial charge in [-0.2, -0.15) is 0 Å². The van der Waals surface area contributed by atoms with Crippen LogP contribution in [0.1, 0.15) is 39.0 Å². The van der Waals surface area contributed by atoms with E-state index in [9.17, 15) is 9.59 Å². The van der Waals surface area contributed by atoms with Gasteiger partial charge in [-0.25, -0.2) is 0 Å². The van der Waals surface area contributed by atoms with Crippen LogP contribution < -0.4 is 5.73 Å². The maximum atomic E-state index is 11.9. The average Bonchev–Trinajstić information content (AvgIpc) is 2.61. The molecule has 0 aromatic rings. The Kier molecular flexibility index (Phi) is 3.17. The van der Waals surface area contributed by atoms with Gasteiger partial charge in [0, 0.05) is 19.0 Å². The number of amides is 2. The van der Waals surface area contributed by atoms with Gasteiger partial charge in [0.25, 0.3) is 0 Å². The van der Waals surface area contributed by atoms with E-state index in [0.717, 1.165) is 6.42 Å². The van der Waals surface area contributed by atoms with E-state index in [2.05, 4.69) is 6.92 Å². The maximum absolute atomic E-state index is 11.9. The van der Waals surface area contributed by atoms with E-state index in [4.69, 9.17) is 5.73 Å². The fourth-order valence-corrected chi connectivity index (χ4v) is 3.00. The molecule has 2 rings (SSSR count). The summed E-state index contributed by atoms with van der Waals surface area (Å²) in [5, 5.41) is 0. The van der Waals surface area contributed by atoms with E-state index in [0.29, 0.717) is 24.9 Å². The van der Waals surface area contributed by atoms with Gasteiger partial charge in [0.05, 0.1) is 5.92 Å². The molecule has 0 radical (unpaired) electrons. The molecule has 16 heavy (non-hydrogen) atoms. The van der Waals surface area contributed by atoms with Gasteiger partial charge < -0.3 is 10.6 Å². The zero-order chi connectivity index (χ0) is 11.7. The minimum absolute atomic E-state index is 0.113. The zero-order valence-corrected chi connectivity index (χ0v) is 9.82. The Hall–Kier alpha value is -1.06. The van der Waals surface area contributed by atoms with Gasteiger partial charge in [0.15, 0.2) is 0 Å². The van der Waals surface area contributed by atoms with Gasteiger partial charge in [0.1, 0.15) is 0 Å². The summed E-state index contributed by atoms with van der Waals surface area (Å²) in [6.07, 6.45) is 5.05. The van der Waals surface area contributed by atoms with Crippen molar-refractivity contribution in [1.82, 2.24) is 4.90 Å². The Labute approximate surface area is 96.2 Å². The molecule has 4 heteroatoms. The Morgan fingerprint density at radius 1 is 1.38 bits per heavy atom. The van der Waals surface area contributed by atoms with Crippen molar-refractivity contribution < 1.29 is 9.59 Å². The van der Waals surface area contributed by atoms with Crippen LogP contribution >= 0.6 is 0 Å². The number of hydrogen-bond acceptors (Lipinski definition) is 2. The van der Waals surface area contributed by atoms with E-state index >= 15 is 0 Å². The van der Waals surface area contributed by atoms with Gasteiger partial charge in [-0.05, 0) is 18.8 Å². The second-order valence-electron chi connectivity index (χ2n) is 5.18. The number of nitrogens with zero attached hydrogens (tertiary/aromatic N) is 1. The van der Waals surface area contributed by atoms with Crippen molar-refractivity contribution in [3.8, 4) is 0 Å². The highest BCUT2D eigenvalue weighted by Gasteiger charge is 2.39. The fourth-order valence-electron chi connectivity index (χ4n) is 3.00. The number of primary amides is 1. The summed E-state index contributed by atoms with van der Waals surface area (Å²) in [5.74, 6) is 0.0767. The molecule has 0 aromatic heterocycles. The van der Waals surface area contributed by atoms with E-state index < -0.39 is 0 Å². The molecule has 1 aliphatic carbocycles. The van der Waals surface area contributed by atoms with Crippen LogP contribution in [0.15, 0.2) is 0 Å². The van der Waals surface area contributed by atoms with Crippen LogP contribution in [0.25, 0.3) is 0 Å². The van der Waals surface area contributed by atoms with Crippen LogP contribution in [0.5, 0.6) is 0 Å².